The Bertz CT molecular complexity index is 538. The van der Waals surface area contributed by atoms with Gasteiger partial charge in [0.05, 0.1) is 6.54 Å². The number of nitrogens with two attached hydrogens (primary N) is 1. The third-order valence-corrected chi connectivity index (χ3v) is 3.44. The molecule has 0 aliphatic carbocycles. The third-order valence-electron chi connectivity index (χ3n) is 3.44. The van der Waals surface area contributed by atoms with Crippen LogP contribution in [-0.2, 0) is 16.1 Å². The van der Waals surface area contributed by atoms with Gasteiger partial charge in [0.25, 0.3) is 5.91 Å². The molecular formula is C15H19N3O3. The normalized spacial score (nSPS) is 16.2. The molecule has 1 heterocycles. The molecule has 0 aromatic heterocycles. The lowest BCUT2D eigenvalue weighted by Crippen LogP contribution is -2.37. The van der Waals surface area contributed by atoms with Gasteiger partial charge in [-0.25, -0.2) is 0 Å². The van der Waals surface area contributed by atoms with Gasteiger partial charge in [0.15, 0.2) is 0 Å². The highest BCUT2D eigenvalue weighted by Crippen LogP contribution is 2.16. The summed E-state index contributed by atoms with van der Waals surface area (Å²) in [4.78, 5) is 36.2. The highest BCUT2D eigenvalue weighted by molar-refractivity contribution is 6.01. The van der Waals surface area contributed by atoms with E-state index in [1.54, 1.807) is 24.3 Å². The van der Waals surface area contributed by atoms with Crippen molar-refractivity contribution in [1.29, 1.82) is 0 Å². The van der Waals surface area contributed by atoms with Crippen LogP contribution in [-0.4, -0.2) is 35.2 Å². The van der Waals surface area contributed by atoms with Gasteiger partial charge in [-0.3, -0.25) is 19.3 Å². The molecule has 6 nitrogen and oxygen atoms in total. The van der Waals surface area contributed by atoms with Crippen LogP contribution in [0, 0.1) is 0 Å². The minimum Gasteiger partial charge on any atom is -0.348 e. The van der Waals surface area contributed by atoms with Crippen LogP contribution in [0.2, 0.25) is 0 Å². The van der Waals surface area contributed by atoms with Gasteiger partial charge in [-0.2, -0.15) is 0 Å². The van der Waals surface area contributed by atoms with Crippen LogP contribution in [0.15, 0.2) is 24.3 Å². The minimum absolute atomic E-state index is 0.0861. The molecule has 21 heavy (non-hydrogen) atoms. The summed E-state index contributed by atoms with van der Waals surface area (Å²) in [6.45, 7) is 2.47. The second-order valence-electron chi connectivity index (χ2n) is 5.18. The number of rotatable bonds is 5. The van der Waals surface area contributed by atoms with Crippen molar-refractivity contribution in [3.8, 4) is 0 Å². The second-order valence-corrected chi connectivity index (χ2v) is 5.18. The molecule has 1 aliphatic rings. The molecule has 0 saturated carbocycles. The van der Waals surface area contributed by atoms with Crippen LogP contribution in [0.5, 0.6) is 0 Å². The fourth-order valence-electron chi connectivity index (χ4n) is 2.11. The van der Waals surface area contributed by atoms with Crippen molar-refractivity contribution >= 4 is 17.7 Å². The van der Waals surface area contributed by atoms with E-state index in [0.29, 0.717) is 12.1 Å². The first-order valence-corrected chi connectivity index (χ1v) is 6.94. The first-order chi connectivity index (χ1) is 10.0. The summed E-state index contributed by atoms with van der Waals surface area (Å²) in [6, 6.07) is 6.77. The van der Waals surface area contributed by atoms with E-state index in [1.165, 1.54) is 4.90 Å². The van der Waals surface area contributed by atoms with Crippen molar-refractivity contribution in [3.05, 3.63) is 35.4 Å². The number of benzene rings is 1. The maximum atomic E-state index is 11.9. The number of amides is 3. The molecule has 0 unspecified atom stereocenters. The quantitative estimate of drug-likeness (QED) is 0.768. The summed E-state index contributed by atoms with van der Waals surface area (Å²) in [5.41, 5.74) is 6.80. The van der Waals surface area contributed by atoms with Crippen molar-refractivity contribution in [2.75, 3.05) is 6.54 Å². The van der Waals surface area contributed by atoms with Crippen LogP contribution in [0.3, 0.4) is 0 Å². The zero-order valence-corrected chi connectivity index (χ0v) is 12.0. The van der Waals surface area contributed by atoms with E-state index in [4.69, 9.17) is 5.73 Å². The average Bonchev–Trinajstić information content (AvgIpc) is 2.79. The van der Waals surface area contributed by atoms with Gasteiger partial charge in [0.1, 0.15) is 0 Å². The van der Waals surface area contributed by atoms with Crippen LogP contribution < -0.4 is 11.1 Å². The third kappa shape index (κ3) is 3.66. The number of hydrogen-bond donors (Lipinski definition) is 2. The predicted octanol–water partition coefficient (Wildman–Crippen LogP) is 0.413. The highest BCUT2D eigenvalue weighted by atomic mass is 16.2. The van der Waals surface area contributed by atoms with E-state index in [1.807, 2.05) is 6.92 Å². The molecule has 1 aliphatic heterocycles. The molecule has 1 saturated heterocycles. The molecule has 112 valence electrons. The van der Waals surface area contributed by atoms with Gasteiger partial charge in [-0.15, -0.1) is 0 Å². The number of nitrogens with zero attached hydrogens (tertiary/aromatic N) is 1. The lowest BCUT2D eigenvalue weighted by molar-refractivity contribution is -0.139. The number of likely N-dealkylation sites (tertiary alicyclic amines) is 1. The van der Waals surface area contributed by atoms with E-state index >= 15 is 0 Å². The van der Waals surface area contributed by atoms with E-state index in [9.17, 15) is 14.4 Å². The predicted molar refractivity (Wildman–Crippen MR) is 77.2 cm³/mol. The van der Waals surface area contributed by atoms with Crippen molar-refractivity contribution in [2.24, 2.45) is 5.73 Å². The van der Waals surface area contributed by atoms with Crippen molar-refractivity contribution < 1.29 is 14.4 Å². The Morgan fingerprint density at radius 3 is 2.33 bits per heavy atom. The Morgan fingerprint density at radius 1 is 1.24 bits per heavy atom. The maximum Gasteiger partial charge on any atom is 0.251 e. The van der Waals surface area contributed by atoms with Crippen molar-refractivity contribution in [3.63, 3.8) is 0 Å². The van der Waals surface area contributed by atoms with Gasteiger partial charge < -0.3 is 11.1 Å². The molecule has 2 rings (SSSR count). The number of nitrogens with one attached hydrogen (secondary N) is 1. The van der Waals surface area contributed by atoms with Crippen molar-refractivity contribution in [2.45, 2.75) is 32.4 Å². The fraction of sp³-hybridized carbons (Fsp3) is 0.400. The number of imide groups is 1. The van der Waals surface area contributed by atoms with Gasteiger partial charge in [-0.05, 0) is 24.6 Å². The molecular weight excluding hydrogens is 270 g/mol. The zero-order valence-electron chi connectivity index (χ0n) is 12.0. The Balaban J connectivity index is 2.00. The van der Waals surface area contributed by atoms with Crippen LogP contribution >= 0.6 is 0 Å². The smallest absolute Gasteiger partial charge is 0.251 e. The lowest BCUT2D eigenvalue weighted by atomic mass is 10.1. The van der Waals surface area contributed by atoms with E-state index in [-0.39, 0.29) is 43.1 Å². The highest BCUT2D eigenvalue weighted by Gasteiger charge is 2.28. The van der Waals surface area contributed by atoms with Crippen molar-refractivity contribution in [1.82, 2.24) is 10.2 Å². The standard InChI is InChI=1S/C15H19N3O3/c1-10(8-16)17-15(21)12-4-2-11(3-5-12)9-18-13(19)6-7-14(18)20/h2-5,10H,6-9,16H2,1H3,(H,17,21)/t10-/m0/s1. The van der Waals surface area contributed by atoms with E-state index in [0.717, 1.165) is 5.56 Å². The largest absolute Gasteiger partial charge is 0.348 e. The molecule has 1 fully saturated rings. The molecule has 3 amide bonds. The summed E-state index contributed by atoms with van der Waals surface area (Å²) in [7, 11) is 0. The van der Waals surface area contributed by atoms with Gasteiger partial charge in [-0.1, -0.05) is 12.1 Å². The SMILES string of the molecule is C[C@@H](CN)NC(=O)c1ccc(CN2C(=O)CCC2=O)cc1. The Morgan fingerprint density at radius 2 is 1.81 bits per heavy atom. The minimum atomic E-state index is -0.187. The maximum absolute atomic E-state index is 11.9. The van der Waals surface area contributed by atoms with Gasteiger partial charge in [0.2, 0.25) is 11.8 Å². The molecule has 1 aromatic rings. The topological polar surface area (TPSA) is 92.5 Å². The summed E-state index contributed by atoms with van der Waals surface area (Å²) in [5.74, 6) is -0.468. The second kappa shape index (κ2) is 6.49. The van der Waals surface area contributed by atoms with E-state index < -0.39 is 0 Å². The Kier molecular flexibility index (Phi) is 4.70. The Labute approximate surface area is 123 Å². The monoisotopic (exact) mass is 289 g/mol. The first kappa shape index (κ1) is 15.2. The summed E-state index contributed by atoms with van der Waals surface area (Å²) < 4.78 is 0. The molecule has 0 bridgehead atoms. The summed E-state index contributed by atoms with van der Waals surface area (Å²) >= 11 is 0. The van der Waals surface area contributed by atoms with Crippen LogP contribution in [0.1, 0.15) is 35.7 Å². The van der Waals surface area contributed by atoms with Gasteiger partial charge >= 0.3 is 0 Å². The number of hydrogen-bond acceptors (Lipinski definition) is 4. The van der Waals surface area contributed by atoms with E-state index in [2.05, 4.69) is 5.32 Å². The average molecular weight is 289 g/mol. The zero-order chi connectivity index (χ0) is 15.4. The molecule has 1 aromatic carbocycles. The van der Waals surface area contributed by atoms with Crippen LogP contribution in [0.25, 0.3) is 0 Å². The summed E-state index contributed by atoms with van der Waals surface area (Å²) in [5, 5.41) is 2.77. The fourth-order valence-corrected chi connectivity index (χ4v) is 2.11. The molecule has 6 heteroatoms. The summed E-state index contributed by atoms with van der Waals surface area (Å²) in [6.07, 6.45) is 0.576. The molecule has 3 N–H and O–H groups in total. The lowest BCUT2D eigenvalue weighted by Gasteiger charge is -2.14. The molecule has 0 radical (unpaired) electrons. The number of carbonyl (C=O) groups excluding carboxylic acids is 3. The molecule has 1 atom stereocenters. The van der Waals surface area contributed by atoms with Crippen LogP contribution in [0.4, 0.5) is 0 Å². The first-order valence-electron chi connectivity index (χ1n) is 6.94. The Hall–Kier alpha value is -2.21. The molecule has 0 spiro atoms. The number of carbonyl (C=O) groups is 3. The van der Waals surface area contributed by atoms with Gasteiger partial charge in [0, 0.05) is 31.0 Å².